The Labute approximate surface area is 110 Å². The predicted molar refractivity (Wildman–Crippen MR) is 76.7 cm³/mol. The summed E-state index contributed by atoms with van der Waals surface area (Å²) in [7, 11) is 0. The van der Waals surface area contributed by atoms with Gasteiger partial charge in [0.1, 0.15) is 0 Å². The first-order valence-electron chi connectivity index (χ1n) is 6.86. The lowest BCUT2D eigenvalue weighted by molar-refractivity contribution is 0.242. The second-order valence-electron chi connectivity index (χ2n) is 4.87. The van der Waals surface area contributed by atoms with Gasteiger partial charge < -0.3 is 4.74 Å². The summed E-state index contributed by atoms with van der Waals surface area (Å²) in [5.41, 5.74) is 2.86. The summed E-state index contributed by atoms with van der Waals surface area (Å²) in [5.74, 6) is 0.970. The molecule has 0 radical (unpaired) electrons. The van der Waals surface area contributed by atoms with E-state index in [1.54, 1.807) is 0 Å². The Hall–Kier alpha value is -1.50. The molecule has 1 aromatic carbocycles. The lowest BCUT2D eigenvalue weighted by Crippen LogP contribution is -1.90. The van der Waals surface area contributed by atoms with Crippen LogP contribution in [0.25, 0.3) is 0 Å². The highest BCUT2D eigenvalue weighted by molar-refractivity contribution is 5.42. The van der Waals surface area contributed by atoms with E-state index in [1.165, 1.54) is 17.5 Å². The van der Waals surface area contributed by atoms with Crippen molar-refractivity contribution < 1.29 is 4.74 Å². The fourth-order valence-electron chi connectivity index (χ4n) is 2.57. The monoisotopic (exact) mass is 242 g/mol. The van der Waals surface area contributed by atoms with Gasteiger partial charge in [0.05, 0.1) is 12.9 Å². The molecule has 0 bridgehead atoms. The van der Waals surface area contributed by atoms with E-state index in [1.807, 2.05) is 6.26 Å². The van der Waals surface area contributed by atoms with E-state index >= 15 is 0 Å². The Morgan fingerprint density at radius 2 is 2.00 bits per heavy atom. The minimum absolute atomic E-state index is 0.478. The third-order valence-electron chi connectivity index (χ3n) is 3.61. The van der Waals surface area contributed by atoms with Gasteiger partial charge in [0.2, 0.25) is 0 Å². The number of rotatable bonds is 6. The number of hydrogen-bond donors (Lipinski definition) is 0. The number of hydrogen-bond acceptors (Lipinski definition) is 1. The first kappa shape index (κ1) is 12.9. The van der Waals surface area contributed by atoms with Gasteiger partial charge in [-0.3, -0.25) is 0 Å². The van der Waals surface area contributed by atoms with Crippen molar-refractivity contribution in [2.45, 2.75) is 38.0 Å². The molecule has 1 heteroatoms. The zero-order valence-electron chi connectivity index (χ0n) is 11.1. The highest BCUT2D eigenvalue weighted by Gasteiger charge is 2.26. The molecule has 0 aliphatic heterocycles. The smallest absolute Gasteiger partial charge is 0.0873 e. The normalized spacial score (nSPS) is 22.1. The summed E-state index contributed by atoms with van der Waals surface area (Å²) < 4.78 is 5.51. The molecule has 1 aliphatic carbocycles. The summed E-state index contributed by atoms with van der Waals surface area (Å²) in [5, 5.41) is 0. The van der Waals surface area contributed by atoms with E-state index in [0.29, 0.717) is 11.8 Å². The molecule has 1 nitrogen and oxygen atoms in total. The van der Waals surface area contributed by atoms with Gasteiger partial charge in [-0.1, -0.05) is 43.7 Å². The van der Waals surface area contributed by atoms with Crippen molar-refractivity contribution in [1.82, 2.24) is 0 Å². The number of allylic oxidation sites excluding steroid dienone is 2. The minimum Gasteiger partial charge on any atom is -0.502 e. The van der Waals surface area contributed by atoms with E-state index in [2.05, 4.69) is 49.9 Å². The second-order valence-corrected chi connectivity index (χ2v) is 4.87. The number of benzene rings is 1. The third kappa shape index (κ3) is 2.84. The molecule has 2 atom stereocenters. The van der Waals surface area contributed by atoms with Crippen molar-refractivity contribution in [1.29, 1.82) is 0 Å². The van der Waals surface area contributed by atoms with Gasteiger partial charge in [0.15, 0.2) is 0 Å². The van der Waals surface area contributed by atoms with E-state index in [0.717, 1.165) is 19.4 Å². The molecule has 0 unspecified atom stereocenters. The predicted octanol–water partition coefficient (Wildman–Crippen LogP) is 4.77. The average molecular weight is 242 g/mol. The zero-order valence-corrected chi connectivity index (χ0v) is 11.1. The number of ether oxygens (including phenoxy) is 1. The van der Waals surface area contributed by atoms with Crippen molar-refractivity contribution in [3.8, 4) is 0 Å². The Bertz CT molecular complexity index is 419. The van der Waals surface area contributed by atoms with Gasteiger partial charge in [-0.25, -0.2) is 0 Å². The Morgan fingerprint density at radius 1 is 1.28 bits per heavy atom. The maximum Gasteiger partial charge on any atom is 0.0873 e. The SMILES string of the molecule is C=C[C@@H]1C[C@H](/C=C\OCCCC)c2ccccc21. The molecular weight excluding hydrogens is 220 g/mol. The maximum absolute atomic E-state index is 5.51. The Morgan fingerprint density at radius 3 is 2.67 bits per heavy atom. The van der Waals surface area contributed by atoms with Crippen LogP contribution in [0.5, 0.6) is 0 Å². The van der Waals surface area contributed by atoms with Gasteiger partial charge in [0.25, 0.3) is 0 Å². The summed E-state index contributed by atoms with van der Waals surface area (Å²) in [6, 6.07) is 8.66. The van der Waals surface area contributed by atoms with Crippen molar-refractivity contribution in [3.63, 3.8) is 0 Å². The largest absolute Gasteiger partial charge is 0.502 e. The van der Waals surface area contributed by atoms with Crippen molar-refractivity contribution in [2.75, 3.05) is 6.61 Å². The second kappa shape index (κ2) is 6.44. The number of fused-ring (bicyclic) bond motifs is 1. The van der Waals surface area contributed by atoms with E-state index in [4.69, 9.17) is 4.74 Å². The molecule has 1 aromatic rings. The van der Waals surface area contributed by atoms with Crippen LogP contribution < -0.4 is 0 Å². The van der Waals surface area contributed by atoms with Crippen LogP contribution in [-0.4, -0.2) is 6.61 Å². The van der Waals surface area contributed by atoms with Crippen LogP contribution in [-0.2, 0) is 4.74 Å². The average Bonchev–Trinajstić information content (AvgIpc) is 2.77. The highest BCUT2D eigenvalue weighted by atomic mass is 16.5. The van der Waals surface area contributed by atoms with E-state index in [-0.39, 0.29) is 0 Å². The van der Waals surface area contributed by atoms with Crippen LogP contribution in [0.4, 0.5) is 0 Å². The van der Waals surface area contributed by atoms with E-state index in [9.17, 15) is 0 Å². The Kier molecular flexibility index (Phi) is 4.63. The lowest BCUT2D eigenvalue weighted by atomic mass is 10.0. The first-order valence-corrected chi connectivity index (χ1v) is 6.86. The van der Waals surface area contributed by atoms with Gasteiger partial charge in [-0.2, -0.15) is 0 Å². The van der Waals surface area contributed by atoms with Crippen molar-refractivity contribution in [3.05, 3.63) is 60.4 Å². The Balaban J connectivity index is 2.01. The summed E-state index contributed by atoms with van der Waals surface area (Å²) in [4.78, 5) is 0. The molecule has 0 saturated carbocycles. The molecular formula is C17H22O. The van der Waals surface area contributed by atoms with Crippen LogP contribution in [0.3, 0.4) is 0 Å². The summed E-state index contributed by atoms with van der Waals surface area (Å²) in [6.45, 7) is 6.94. The molecule has 0 aromatic heterocycles. The first-order chi connectivity index (χ1) is 8.86. The van der Waals surface area contributed by atoms with Gasteiger partial charge in [-0.15, -0.1) is 6.58 Å². The standard InChI is InChI=1S/C17H22O/c1-3-5-11-18-12-10-15-13-14(4-2)16-8-6-7-9-17(15)16/h4,6-10,12,14-15H,2-3,5,11,13H2,1H3/b12-10-/t14-,15+/m1/s1. The van der Waals surface area contributed by atoms with Gasteiger partial charge in [0, 0.05) is 11.8 Å². The molecule has 0 fully saturated rings. The molecule has 96 valence electrons. The fraction of sp³-hybridized carbons (Fsp3) is 0.412. The number of unbranched alkanes of at least 4 members (excludes halogenated alkanes) is 1. The third-order valence-corrected chi connectivity index (χ3v) is 3.61. The van der Waals surface area contributed by atoms with Crippen LogP contribution >= 0.6 is 0 Å². The van der Waals surface area contributed by atoms with Crippen LogP contribution in [0, 0.1) is 0 Å². The maximum atomic E-state index is 5.51. The van der Waals surface area contributed by atoms with Crippen LogP contribution in [0.15, 0.2) is 49.3 Å². The molecule has 0 spiro atoms. The topological polar surface area (TPSA) is 9.23 Å². The van der Waals surface area contributed by atoms with E-state index < -0.39 is 0 Å². The molecule has 0 amide bonds. The quantitative estimate of drug-likeness (QED) is 0.396. The fourth-order valence-corrected chi connectivity index (χ4v) is 2.57. The van der Waals surface area contributed by atoms with Crippen molar-refractivity contribution in [2.24, 2.45) is 0 Å². The lowest BCUT2D eigenvalue weighted by Gasteiger charge is -2.05. The molecule has 0 saturated heterocycles. The van der Waals surface area contributed by atoms with Gasteiger partial charge >= 0.3 is 0 Å². The summed E-state index contributed by atoms with van der Waals surface area (Å²) in [6.07, 6.45) is 9.56. The van der Waals surface area contributed by atoms with Crippen molar-refractivity contribution >= 4 is 0 Å². The molecule has 2 rings (SSSR count). The highest BCUT2D eigenvalue weighted by Crippen LogP contribution is 2.42. The molecule has 18 heavy (non-hydrogen) atoms. The molecule has 0 N–H and O–H groups in total. The minimum atomic E-state index is 0.478. The van der Waals surface area contributed by atoms with Crippen LogP contribution in [0.2, 0.25) is 0 Å². The van der Waals surface area contributed by atoms with Crippen LogP contribution in [0.1, 0.15) is 49.1 Å². The zero-order chi connectivity index (χ0) is 12.8. The molecule has 1 aliphatic rings. The summed E-state index contributed by atoms with van der Waals surface area (Å²) >= 11 is 0. The van der Waals surface area contributed by atoms with Gasteiger partial charge in [-0.05, 0) is 30.0 Å². The molecule has 0 heterocycles.